The molecule has 2 aliphatic heterocycles. The van der Waals surface area contributed by atoms with Crippen molar-refractivity contribution in [1.82, 2.24) is 0 Å². The summed E-state index contributed by atoms with van der Waals surface area (Å²) in [6, 6.07) is 0. The molecule has 0 aromatic heterocycles. The van der Waals surface area contributed by atoms with Gasteiger partial charge in [-0.25, -0.2) is 0 Å². The first-order valence-corrected chi connectivity index (χ1v) is 5.76. The minimum Gasteiger partial charge on any atom is -0.374 e. The molecule has 2 heterocycles. The van der Waals surface area contributed by atoms with E-state index in [2.05, 4.69) is 27.7 Å². The fraction of sp³-hybridized carbons (Fsp3) is 1.00. The molecule has 0 spiro atoms. The molecule has 2 aliphatic rings. The van der Waals surface area contributed by atoms with Gasteiger partial charge in [-0.1, -0.05) is 27.7 Å². The number of ether oxygens (including phenoxy) is 1. The van der Waals surface area contributed by atoms with Gasteiger partial charge in [0.05, 0.1) is 12.2 Å². The van der Waals surface area contributed by atoms with Crippen molar-refractivity contribution in [2.45, 2.75) is 52.7 Å². The van der Waals surface area contributed by atoms with Crippen LogP contribution < -0.4 is 0 Å². The predicted octanol–water partition coefficient (Wildman–Crippen LogP) is 3.09. The second-order valence-corrected chi connectivity index (χ2v) is 5.43. The molecule has 13 heavy (non-hydrogen) atoms. The van der Waals surface area contributed by atoms with E-state index in [-0.39, 0.29) is 0 Å². The molecule has 0 saturated carbocycles. The van der Waals surface area contributed by atoms with Crippen molar-refractivity contribution in [3.63, 3.8) is 0 Å². The Kier molecular flexibility index (Phi) is 2.39. The fourth-order valence-electron chi connectivity index (χ4n) is 3.50. The molecule has 2 unspecified atom stereocenters. The molecule has 0 aliphatic carbocycles. The molecule has 76 valence electrons. The van der Waals surface area contributed by atoms with E-state index in [1.165, 1.54) is 12.8 Å². The molecule has 0 N–H and O–H groups in total. The van der Waals surface area contributed by atoms with Crippen LogP contribution in [0.5, 0.6) is 0 Å². The van der Waals surface area contributed by atoms with E-state index in [9.17, 15) is 0 Å². The van der Waals surface area contributed by atoms with E-state index in [0.29, 0.717) is 12.2 Å². The third-order valence-electron chi connectivity index (χ3n) is 3.93. The molecule has 2 bridgehead atoms. The molecule has 1 nitrogen and oxygen atoms in total. The SMILES string of the molecule is CC(C)[C@H]1C2CCC(O2)[C@@H]1C(C)C. The van der Waals surface area contributed by atoms with Crippen molar-refractivity contribution >= 4 is 0 Å². The highest BCUT2D eigenvalue weighted by Gasteiger charge is 2.50. The van der Waals surface area contributed by atoms with Gasteiger partial charge in [-0.15, -0.1) is 0 Å². The minimum atomic E-state index is 0.595. The molecular formula is C12H22O. The van der Waals surface area contributed by atoms with Gasteiger partial charge in [0.25, 0.3) is 0 Å². The number of hydrogen-bond donors (Lipinski definition) is 0. The Morgan fingerprint density at radius 3 is 1.54 bits per heavy atom. The average molecular weight is 182 g/mol. The first-order chi connectivity index (χ1) is 6.11. The maximum atomic E-state index is 6.02. The van der Waals surface area contributed by atoms with Crippen LogP contribution in [0.3, 0.4) is 0 Å². The Balaban J connectivity index is 2.15. The number of fused-ring (bicyclic) bond motifs is 2. The van der Waals surface area contributed by atoms with Crippen LogP contribution in [0.15, 0.2) is 0 Å². The van der Waals surface area contributed by atoms with Crippen LogP contribution in [0.1, 0.15) is 40.5 Å². The Hall–Kier alpha value is -0.0400. The first-order valence-electron chi connectivity index (χ1n) is 5.76. The van der Waals surface area contributed by atoms with Gasteiger partial charge in [0.1, 0.15) is 0 Å². The van der Waals surface area contributed by atoms with Crippen LogP contribution in [-0.2, 0) is 4.74 Å². The van der Waals surface area contributed by atoms with Crippen LogP contribution >= 0.6 is 0 Å². The van der Waals surface area contributed by atoms with Crippen molar-refractivity contribution in [1.29, 1.82) is 0 Å². The monoisotopic (exact) mass is 182 g/mol. The third-order valence-corrected chi connectivity index (χ3v) is 3.93. The third kappa shape index (κ3) is 1.41. The number of rotatable bonds is 2. The van der Waals surface area contributed by atoms with Crippen molar-refractivity contribution in [3.05, 3.63) is 0 Å². The minimum absolute atomic E-state index is 0.595. The van der Waals surface area contributed by atoms with Gasteiger partial charge in [0.15, 0.2) is 0 Å². The van der Waals surface area contributed by atoms with Crippen LogP contribution in [0.25, 0.3) is 0 Å². The second-order valence-electron chi connectivity index (χ2n) is 5.43. The van der Waals surface area contributed by atoms with Crippen LogP contribution in [-0.4, -0.2) is 12.2 Å². The van der Waals surface area contributed by atoms with E-state index >= 15 is 0 Å². The molecular weight excluding hydrogens is 160 g/mol. The summed E-state index contributed by atoms with van der Waals surface area (Å²) in [5, 5.41) is 0. The van der Waals surface area contributed by atoms with Crippen molar-refractivity contribution < 1.29 is 4.74 Å². The van der Waals surface area contributed by atoms with E-state index in [4.69, 9.17) is 4.74 Å². The fourth-order valence-corrected chi connectivity index (χ4v) is 3.50. The van der Waals surface area contributed by atoms with Gasteiger partial charge in [-0.05, 0) is 36.5 Å². The molecule has 0 aromatic carbocycles. The van der Waals surface area contributed by atoms with Crippen LogP contribution in [0.4, 0.5) is 0 Å². The maximum absolute atomic E-state index is 6.02. The van der Waals surface area contributed by atoms with Crippen LogP contribution in [0, 0.1) is 23.7 Å². The Bertz CT molecular complexity index is 166. The zero-order valence-corrected chi connectivity index (χ0v) is 9.29. The first kappa shape index (κ1) is 9.51. The normalized spacial score (nSPS) is 43.8. The molecule has 0 aromatic rings. The quantitative estimate of drug-likeness (QED) is 0.637. The average Bonchev–Trinajstić information content (AvgIpc) is 2.60. The molecule has 2 saturated heterocycles. The molecule has 2 rings (SSSR count). The summed E-state index contributed by atoms with van der Waals surface area (Å²) >= 11 is 0. The lowest BCUT2D eigenvalue weighted by molar-refractivity contribution is 0.0803. The zero-order chi connectivity index (χ0) is 9.59. The van der Waals surface area contributed by atoms with Gasteiger partial charge < -0.3 is 4.74 Å². The Labute approximate surface area is 81.9 Å². The van der Waals surface area contributed by atoms with Gasteiger partial charge in [0, 0.05) is 0 Å². The summed E-state index contributed by atoms with van der Waals surface area (Å²) in [7, 11) is 0. The van der Waals surface area contributed by atoms with Crippen molar-refractivity contribution in [2.75, 3.05) is 0 Å². The van der Waals surface area contributed by atoms with Crippen molar-refractivity contribution in [3.8, 4) is 0 Å². The summed E-state index contributed by atoms with van der Waals surface area (Å²) < 4.78 is 6.02. The highest BCUT2D eigenvalue weighted by atomic mass is 16.5. The van der Waals surface area contributed by atoms with Crippen molar-refractivity contribution in [2.24, 2.45) is 23.7 Å². The molecule has 2 fully saturated rings. The highest BCUT2D eigenvalue weighted by molar-refractivity contribution is 4.98. The summed E-state index contributed by atoms with van der Waals surface area (Å²) in [6.07, 6.45) is 3.82. The predicted molar refractivity (Wildman–Crippen MR) is 54.6 cm³/mol. The molecule has 0 amide bonds. The summed E-state index contributed by atoms with van der Waals surface area (Å²) in [5.41, 5.74) is 0. The molecule has 4 atom stereocenters. The topological polar surface area (TPSA) is 9.23 Å². The Morgan fingerprint density at radius 2 is 1.23 bits per heavy atom. The zero-order valence-electron chi connectivity index (χ0n) is 9.29. The Morgan fingerprint density at radius 1 is 0.846 bits per heavy atom. The molecule has 1 heteroatoms. The van der Waals surface area contributed by atoms with E-state index < -0.39 is 0 Å². The lowest BCUT2D eigenvalue weighted by Gasteiger charge is -2.33. The highest BCUT2D eigenvalue weighted by Crippen LogP contribution is 2.49. The van der Waals surface area contributed by atoms with E-state index in [0.717, 1.165) is 23.7 Å². The standard InChI is InChI=1S/C12H22O/c1-7(2)11-9-5-6-10(13-9)12(11)8(3)4/h7-12H,5-6H2,1-4H3/t9?,10?,11-,12-/m0/s1. The summed E-state index contributed by atoms with van der Waals surface area (Å²) in [4.78, 5) is 0. The maximum Gasteiger partial charge on any atom is 0.0614 e. The lowest BCUT2D eigenvalue weighted by Crippen LogP contribution is -2.34. The number of hydrogen-bond acceptors (Lipinski definition) is 1. The van der Waals surface area contributed by atoms with Gasteiger partial charge in [-0.2, -0.15) is 0 Å². The van der Waals surface area contributed by atoms with Gasteiger partial charge in [-0.3, -0.25) is 0 Å². The summed E-state index contributed by atoms with van der Waals surface area (Å²) in [5.74, 6) is 3.25. The van der Waals surface area contributed by atoms with E-state index in [1.807, 2.05) is 0 Å². The van der Waals surface area contributed by atoms with Gasteiger partial charge in [0.2, 0.25) is 0 Å². The van der Waals surface area contributed by atoms with Gasteiger partial charge >= 0.3 is 0 Å². The van der Waals surface area contributed by atoms with E-state index in [1.54, 1.807) is 0 Å². The smallest absolute Gasteiger partial charge is 0.0614 e. The second kappa shape index (κ2) is 3.27. The van der Waals surface area contributed by atoms with Crippen LogP contribution in [0.2, 0.25) is 0 Å². The molecule has 0 radical (unpaired) electrons. The lowest BCUT2D eigenvalue weighted by atomic mass is 9.69. The summed E-state index contributed by atoms with van der Waals surface area (Å²) in [6.45, 7) is 9.41. The largest absolute Gasteiger partial charge is 0.374 e.